The number of carboxylic acid groups (broad SMARTS) is 1. The maximum Gasteiger partial charge on any atom is 0.374 e. The maximum atomic E-state index is 12.5. The summed E-state index contributed by atoms with van der Waals surface area (Å²) in [6, 6.07) is 3.76. The largest absolute Gasteiger partial charge is 0.507 e. The van der Waals surface area contributed by atoms with E-state index in [0.29, 0.717) is 0 Å². The predicted molar refractivity (Wildman–Crippen MR) is 87.1 cm³/mol. The lowest BCUT2D eigenvalue weighted by molar-refractivity contribution is 0.0490. The average molecular weight is 343 g/mol. The Balaban J connectivity index is 2.40. The Morgan fingerprint density at radius 3 is 2.64 bits per heavy atom. The van der Waals surface area contributed by atoms with E-state index in [4.69, 9.17) is 14.3 Å². The summed E-state index contributed by atoms with van der Waals surface area (Å²) in [5.41, 5.74) is -0.667. The lowest BCUT2D eigenvalue weighted by atomic mass is 10.0. The van der Waals surface area contributed by atoms with Crippen LogP contribution in [0.3, 0.4) is 0 Å². The summed E-state index contributed by atoms with van der Waals surface area (Å²) in [5.74, 6) is -2.70. The highest BCUT2D eigenvalue weighted by Gasteiger charge is 2.21. The summed E-state index contributed by atoms with van der Waals surface area (Å²) in [6.07, 6.45) is 0. The number of pyridine rings is 1. The summed E-state index contributed by atoms with van der Waals surface area (Å²) in [6.45, 7) is 3.13. The third-order valence-electron chi connectivity index (χ3n) is 3.73. The smallest absolute Gasteiger partial charge is 0.374 e. The molecule has 0 amide bonds. The number of aromatic hydroxyl groups is 1. The molecule has 0 aliphatic rings. The fraction of sp³-hybridized carbons (Fsp3) is 0.176. The minimum Gasteiger partial charge on any atom is -0.507 e. The Labute approximate surface area is 140 Å². The molecule has 0 unspecified atom stereocenters. The molecule has 0 radical (unpaired) electrons. The third-order valence-corrected chi connectivity index (χ3v) is 3.73. The van der Waals surface area contributed by atoms with Gasteiger partial charge < -0.3 is 19.4 Å². The van der Waals surface area contributed by atoms with E-state index in [2.05, 4.69) is 4.98 Å². The molecule has 0 bridgehead atoms. The topological polar surface area (TPSA) is 127 Å². The number of carbonyl (C=O) groups is 2. The highest BCUT2D eigenvalue weighted by atomic mass is 16.5. The van der Waals surface area contributed by atoms with Crippen molar-refractivity contribution in [3.8, 4) is 5.75 Å². The Bertz CT molecular complexity index is 1100. The van der Waals surface area contributed by atoms with Crippen molar-refractivity contribution in [3.05, 3.63) is 45.4 Å². The van der Waals surface area contributed by atoms with Crippen molar-refractivity contribution in [1.82, 2.24) is 4.98 Å². The molecular formula is C17H13NO7. The first-order chi connectivity index (χ1) is 11.8. The Kier molecular flexibility index (Phi) is 3.88. The highest BCUT2D eigenvalue weighted by molar-refractivity contribution is 6.09. The number of benzene rings is 1. The SMILES string of the molecule is CCOC(=O)c1cc(=O)c2c(ccc3nc(C(=O)O)c(C)c(O)c32)o1. The zero-order chi connectivity index (χ0) is 18.3. The van der Waals surface area contributed by atoms with Crippen molar-refractivity contribution < 1.29 is 29.0 Å². The molecule has 25 heavy (non-hydrogen) atoms. The summed E-state index contributed by atoms with van der Waals surface area (Å²) in [5, 5.41) is 19.6. The number of hydrogen-bond acceptors (Lipinski definition) is 7. The van der Waals surface area contributed by atoms with Crippen molar-refractivity contribution in [1.29, 1.82) is 0 Å². The van der Waals surface area contributed by atoms with Crippen LogP contribution in [0.1, 0.15) is 33.5 Å². The predicted octanol–water partition coefficient (Wildman–Crippen LogP) is 2.23. The van der Waals surface area contributed by atoms with Gasteiger partial charge >= 0.3 is 11.9 Å². The standard InChI is InChI=1S/C17H13NO7/c1-3-24-17(23)11-6-9(19)13-10(25-11)5-4-8-12(13)15(20)7(2)14(18-8)16(21)22/h4-6H,3H2,1-2H3,(H,18,20)(H,21,22). The second kappa shape index (κ2) is 5.90. The molecule has 2 heterocycles. The number of carboxylic acids is 1. The van der Waals surface area contributed by atoms with Crippen LogP contribution in [0.2, 0.25) is 0 Å². The molecule has 0 atom stereocenters. The van der Waals surface area contributed by atoms with E-state index >= 15 is 0 Å². The zero-order valence-electron chi connectivity index (χ0n) is 13.3. The highest BCUT2D eigenvalue weighted by Crippen LogP contribution is 2.33. The Hall–Kier alpha value is -3.42. The molecule has 0 fully saturated rings. The molecule has 128 valence electrons. The minimum absolute atomic E-state index is 0.00980. The normalized spacial score (nSPS) is 11.0. The molecule has 2 N–H and O–H groups in total. The Morgan fingerprint density at radius 2 is 2.00 bits per heavy atom. The lowest BCUT2D eigenvalue weighted by Crippen LogP contribution is -2.11. The molecule has 0 aliphatic carbocycles. The van der Waals surface area contributed by atoms with Crippen LogP contribution in [-0.2, 0) is 4.74 Å². The number of carbonyl (C=O) groups excluding carboxylic acids is 1. The van der Waals surface area contributed by atoms with Gasteiger partial charge in [-0.25, -0.2) is 14.6 Å². The van der Waals surface area contributed by atoms with Crippen LogP contribution < -0.4 is 5.43 Å². The van der Waals surface area contributed by atoms with E-state index < -0.39 is 17.4 Å². The third kappa shape index (κ3) is 2.57. The van der Waals surface area contributed by atoms with Crippen LogP contribution in [0.5, 0.6) is 5.75 Å². The van der Waals surface area contributed by atoms with Crippen LogP contribution in [-0.4, -0.2) is 33.7 Å². The second-order valence-corrected chi connectivity index (χ2v) is 5.27. The first kappa shape index (κ1) is 16.4. The molecular weight excluding hydrogens is 330 g/mol. The molecule has 8 heteroatoms. The monoisotopic (exact) mass is 343 g/mol. The van der Waals surface area contributed by atoms with Crippen LogP contribution in [0.4, 0.5) is 0 Å². The lowest BCUT2D eigenvalue weighted by Gasteiger charge is -2.10. The van der Waals surface area contributed by atoms with E-state index in [-0.39, 0.29) is 51.2 Å². The van der Waals surface area contributed by atoms with Crippen LogP contribution in [0.15, 0.2) is 27.4 Å². The maximum absolute atomic E-state index is 12.5. The molecule has 1 aromatic carbocycles. The number of esters is 1. The van der Waals surface area contributed by atoms with Crippen molar-refractivity contribution >= 4 is 33.8 Å². The number of rotatable bonds is 3. The van der Waals surface area contributed by atoms with Gasteiger partial charge in [0.25, 0.3) is 0 Å². The second-order valence-electron chi connectivity index (χ2n) is 5.27. The van der Waals surface area contributed by atoms with Gasteiger partial charge in [0, 0.05) is 11.6 Å². The number of ether oxygens (including phenoxy) is 1. The van der Waals surface area contributed by atoms with Crippen LogP contribution >= 0.6 is 0 Å². The van der Waals surface area contributed by atoms with Gasteiger partial charge in [0.1, 0.15) is 11.3 Å². The van der Waals surface area contributed by atoms with Gasteiger partial charge in [-0.15, -0.1) is 0 Å². The van der Waals surface area contributed by atoms with Gasteiger partial charge in [-0.3, -0.25) is 4.79 Å². The van der Waals surface area contributed by atoms with E-state index in [1.54, 1.807) is 6.92 Å². The van der Waals surface area contributed by atoms with Gasteiger partial charge in [-0.2, -0.15) is 0 Å². The van der Waals surface area contributed by atoms with Gasteiger partial charge in [-0.1, -0.05) is 0 Å². The van der Waals surface area contributed by atoms with Gasteiger partial charge in [-0.05, 0) is 26.0 Å². The van der Waals surface area contributed by atoms with E-state index in [0.717, 1.165) is 6.07 Å². The molecule has 3 aromatic rings. The zero-order valence-corrected chi connectivity index (χ0v) is 13.3. The van der Waals surface area contributed by atoms with Gasteiger partial charge in [0.15, 0.2) is 11.1 Å². The molecule has 0 spiro atoms. The minimum atomic E-state index is -1.29. The number of nitrogens with zero attached hydrogens (tertiary/aromatic N) is 1. The van der Waals surface area contributed by atoms with Crippen LogP contribution in [0.25, 0.3) is 21.9 Å². The first-order valence-corrected chi connectivity index (χ1v) is 7.35. The molecule has 8 nitrogen and oxygen atoms in total. The van der Waals surface area contributed by atoms with Crippen molar-refractivity contribution in [2.75, 3.05) is 6.61 Å². The summed E-state index contributed by atoms with van der Waals surface area (Å²) < 4.78 is 10.2. The molecule has 0 saturated heterocycles. The summed E-state index contributed by atoms with van der Waals surface area (Å²) >= 11 is 0. The van der Waals surface area contributed by atoms with E-state index in [1.807, 2.05) is 0 Å². The fourth-order valence-corrected chi connectivity index (χ4v) is 2.59. The number of hydrogen-bond donors (Lipinski definition) is 2. The van der Waals surface area contributed by atoms with E-state index in [1.165, 1.54) is 19.1 Å². The number of aromatic carboxylic acids is 1. The first-order valence-electron chi connectivity index (χ1n) is 7.35. The summed E-state index contributed by atoms with van der Waals surface area (Å²) in [7, 11) is 0. The summed E-state index contributed by atoms with van der Waals surface area (Å²) in [4.78, 5) is 39.5. The van der Waals surface area contributed by atoms with Crippen molar-refractivity contribution in [2.45, 2.75) is 13.8 Å². The molecule has 3 rings (SSSR count). The fourth-order valence-electron chi connectivity index (χ4n) is 2.59. The quantitative estimate of drug-likeness (QED) is 0.547. The molecule has 0 aliphatic heterocycles. The number of fused-ring (bicyclic) bond motifs is 3. The Morgan fingerprint density at radius 1 is 1.28 bits per heavy atom. The van der Waals surface area contributed by atoms with Crippen molar-refractivity contribution in [3.63, 3.8) is 0 Å². The number of aromatic nitrogens is 1. The van der Waals surface area contributed by atoms with Crippen molar-refractivity contribution in [2.24, 2.45) is 0 Å². The average Bonchev–Trinajstić information content (AvgIpc) is 2.57. The molecule has 0 saturated carbocycles. The van der Waals surface area contributed by atoms with E-state index in [9.17, 15) is 19.5 Å². The van der Waals surface area contributed by atoms with Crippen LogP contribution in [0, 0.1) is 6.92 Å². The van der Waals surface area contributed by atoms with Gasteiger partial charge in [0.05, 0.1) is 22.9 Å². The molecule has 2 aromatic heterocycles. The van der Waals surface area contributed by atoms with Gasteiger partial charge in [0.2, 0.25) is 5.76 Å².